The summed E-state index contributed by atoms with van der Waals surface area (Å²) in [6.07, 6.45) is -1.36. The minimum atomic E-state index is -2.81. The normalized spacial score (nSPS) is 11.5. The average molecular weight is 360 g/mol. The topological polar surface area (TPSA) is 73.8 Å². The van der Waals surface area contributed by atoms with Crippen LogP contribution in [0, 0.1) is 0 Å². The van der Waals surface area contributed by atoms with E-state index in [9.17, 15) is 13.6 Å². The quantitative estimate of drug-likeness (QED) is 0.557. The van der Waals surface area contributed by atoms with Gasteiger partial charge in [0.15, 0.2) is 0 Å². The summed E-state index contributed by atoms with van der Waals surface area (Å²) in [4.78, 5) is 16.3. The van der Waals surface area contributed by atoms with Gasteiger partial charge in [-0.15, -0.1) is 10.2 Å². The molecule has 25 heavy (non-hydrogen) atoms. The van der Waals surface area contributed by atoms with Crippen molar-refractivity contribution in [3.63, 3.8) is 0 Å². The van der Waals surface area contributed by atoms with Crippen molar-refractivity contribution in [1.82, 2.24) is 19.7 Å². The molecule has 0 amide bonds. The number of hydrogen-bond donors (Lipinski definition) is 0. The van der Waals surface area contributed by atoms with E-state index in [1.165, 1.54) is 17.5 Å². The third-order valence-corrected chi connectivity index (χ3v) is 4.55. The number of hydrogen-bond acceptors (Lipinski definition) is 6. The van der Waals surface area contributed by atoms with Gasteiger partial charge in [-0.1, -0.05) is 23.5 Å². The van der Waals surface area contributed by atoms with Crippen molar-refractivity contribution < 1.29 is 13.2 Å². The molecule has 3 heterocycles. The van der Waals surface area contributed by atoms with Crippen LogP contribution in [0.3, 0.4) is 0 Å². The van der Waals surface area contributed by atoms with Crippen molar-refractivity contribution in [3.8, 4) is 11.5 Å². The molecule has 0 saturated carbocycles. The Morgan fingerprint density at radius 2 is 2.00 bits per heavy atom. The first kappa shape index (κ1) is 15.6. The van der Waals surface area contributed by atoms with Gasteiger partial charge in [0.2, 0.25) is 5.89 Å². The highest BCUT2D eigenvalue weighted by atomic mass is 32.1. The third kappa shape index (κ3) is 2.93. The molecule has 1 aromatic carbocycles. The molecule has 0 N–H and O–H groups in total. The van der Waals surface area contributed by atoms with Crippen molar-refractivity contribution in [1.29, 1.82) is 0 Å². The summed E-state index contributed by atoms with van der Waals surface area (Å²) in [5, 5.41) is 6.86. The SMILES string of the molecule is O=c1sc2ccccc2n1Cc1ccc(-c2nnc(C(F)F)o2)cn1. The summed E-state index contributed by atoms with van der Waals surface area (Å²) in [5.74, 6) is -0.747. The van der Waals surface area contributed by atoms with Crippen LogP contribution in [-0.2, 0) is 6.54 Å². The molecule has 0 bridgehead atoms. The van der Waals surface area contributed by atoms with Gasteiger partial charge < -0.3 is 4.42 Å². The molecular weight excluding hydrogens is 350 g/mol. The van der Waals surface area contributed by atoms with Crippen LogP contribution < -0.4 is 4.87 Å². The molecular formula is C16H10F2N4O2S. The van der Waals surface area contributed by atoms with E-state index >= 15 is 0 Å². The minimum Gasteiger partial charge on any atom is -0.415 e. The first-order valence-electron chi connectivity index (χ1n) is 7.27. The standard InChI is InChI=1S/C16H10F2N4O2S/c17-13(18)15-21-20-14(24-15)9-5-6-10(19-7-9)8-22-11-3-1-2-4-12(11)25-16(22)23/h1-7,13H,8H2. The second-order valence-corrected chi connectivity index (χ2v) is 6.20. The lowest BCUT2D eigenvalue weighted by atomic mass is 10.2. The van der Waals surface area contributed by atoms with Gasteiger partial charge in [-0.3, -0.25) is 14.3 Å². The molecule has 0 atom stereocenters. The number of nitrogens with zero attached hydrogens (tertiary/aromatic N) is 4. The van der Waals surface area contributed by atoms with Crippen LogP contribution in [0.5, 0.6) is 0 Å². The van der Waals surface area contributed by atoms with Crippen molar-refractivity contribution >= 4 is 21.6 Å². The number of alkyl halides is 2. The second-order valence-electron chi connectivity index (χ2n) is 5.21. The zero-order chi connectivity index (χ0) is 17.4. The highest BCUT2D eigenvalue weighted by Crippen LogP contribution is 2.23. The molecule has 0 saturated heterocycles. The lowest BCUT2D eigenvalue weighted by Gasteiger charge is -2.04. The van der Waals surface area contributed by atoms with E-state index in [0.717, 1.165) is 10.2 Å². The fraction of sp³-hybridized carbons (Fsp3) is 0.125. The predicted octanol–water partition coefficient (Wildman–Crippen LogP) is 3.49. The maximum atomic E-state index is 12.5. The van der Waals surface area contributed by atoms with E-state index in [-0.39, 0.29) is 10.8 Å². The molecule has 0 unspecified atom stereocenters. The van der Waals surface area contributed by atoms with Crippen LogP contribution >= 0.6 is 11.3 Å². The Morgan fingerprint density at radius 1 is 1.16 bits per heavy atom. The van der Waals surface area contributed by atoms with E-state index in [1.54, 1.807) is 16.7 Å². The van der Waals surface area contributed by atoms with Gasteiger partial charge in [0.1, 0.15) is 0 Å². The van der Waals surface area contributed by atoms with Crippen molar-refractivity contribution in [2.24, 2.45) is 0 Å². The zero-order valence-corrected chi connectivity index (χ0v) is 13.4. The molecule has 3 aromatic heterocycles. The second kappa shape index (κ2) is 6.17. The monoisotopic (exact) mass is 360 g/mol. The molecule has 0 aliphatic rings. The van der Waals surface area contributed by atoms with Gasteiger partial charge in [-0.05, 0) is 24.3 Å². The summed E-state index contributed by atoms with van der Waals surface area (Å²) < 4.78 is 32.4. The fourth-order valence-electron chi connectivity index (χ4n) is 2.41. The number of rotatable bonds is 4. The van der Waals surface area contributed by atoms with Crippen LogP contribution in [-0.4, -0.2) is 19.7 Å². The molecule has 4 aromatic rings. The van der Waals surface area contributed by atoms with Crippen molar-refractivity contribution in [3.05, 3.63) is 63.8 Å². The van der Waals surface area contributed by atoms with Gasteiger partial charge in [-0.25, -0.2) is 0 Å². The molecule has 0 aliphatic carbocycles. The molecule has 0 fully saturated rings. The fourth-order valence-corrected chi connectivity index (χ4v) is 3.30. The van der Waals surface area contributed by atoms with Crippen LogP contribution in [0.4, 0.5) is 8.78 Å². The Morgan fingerprint density at radius 3 is 2.72 bits per heavy atom. The highest BCUT2D eigenvalue weighted by molar-refractivity contribution is 7.16. The van der Waals surface area contributed by atoms with Gasteiger partial charge >= 0.3 is 11.3 Å². The summed E-state index contributed by atoms with van der Waals surface area (Å²) >= 11 is 1.18. The summed E-state index contributed by atoms with van der Waals surface area (Å²) in [5.41, 5.74) is 1.94. The van der Waals surface area contributed by atoms with Crippen molar-refractivity contribution in [2.75, 3.05) is 0 Å². The van der Waals surface area contributed by atoms with Crippen LogP contribution in [0.25, 0.3) is 21.7 Å². The van der Waals surface area contributed by atoms with Crippen molar-refractivity contribution in [2.45, 2.75) is 13.0 Å². The smallest absolute Gasteiger partial charge is 0.314 e. The lowest BCUT2D eigenvalue weighted by molar-refractivity contribution is 0.116. The van der Waals surface area contributed by atoms with Crippen LogP contribution in [0.15, 0.2) is 51.8 Å². The van der Waals surface area contributed by atoms with E-state index in [2.05, 4.69) is 15.2 Å². The van der Waals surface area contributed by atoms with Gasteiger partial charge in [0, 0.05) is 6.20 Å². The Kier molecular flexibility index (Phi) is 3.85. The molecule has 0 radical (unpaired) electrons. The number of halogens is 2. The van der Waals surface area contributed by atoms with Crippen LogP contribution in [0.1, 0.15) is 18.0 Å². The third-order valence-electron chi connectivity index (χ3n) is 3.59. The van der Waals surface area contributed by atoms with E-state index < -0.39 is 12.3 Å². The predicted molar refractivity (Wildman–Crippen MR) is 87.7 cm³/mol. The highest BCUT2D eigenvalue weighted by Gasteiger charge is 2.17. The molecule has 6 nitrogen and oxygen atoms in total. The average Bonchev–Trinajstić information content (AvgIpc) is 3.22. The maximum Gasteiger partial charge on any atom is 0.314 e. The zero-order valence-electron chi connectivity index (χ0n) is 12.6. The van der Waals surface area contributed by atoms with Gasteiger partial charge in [0.25, 0.3) is 5.89 Å². The molecule has 9 heteroatoms. The molecule has 4 rings (SSSR count). The van der Waals surface area contributed by atoms with E-state index in [0.29, 0.717) is 17.8 Å². The number of aromatic nitrogens is 4. The van der Waals surface area contributed by atoms with Crippen LogP contribution in [0.2, 0.25) is 0 Å². The number of pyridine rings is 1. The van der Waals surface area contributed by atoms with E-state index in [4.69, 9.17) is 4.42 Å². The molecule has 0 spiro atoms. The summed E-state index contributed by atoms with van der Waals surface area (Å²) in [6.45, 7) is 0.315. The number of para-hydroxylation sites is 1. The maximum absolute atomic E-state index is 12.5. The summed E-state index contributed by atoms with van der Waals surface area (Å²) in [6, 6.07) is 10.9. The molecule has 0 aliphatic heterocycles. The number of thiazole rings is 1. The minimum absolute atomic E-state index is 0.0208. The molecule has 126 valence electrons. The number of benzene rings is 1. The van der Waals surface area contributed by atoms with Gasteiger partial charge in [0.05, 0.1) is 28.0 Å². The first-order valence-corrected chi connectivity index (χ1v) is 8.08. The van der Waals surface area contributed by atoms with E-state index in [1.807, 2.05) is 24.3 Å². The summed E-state index contributed by atoms with van der Waals surface area (Å²) in [7, 11) is 0. The largest absolute Gasteiger partial charge is 0.415 e. The Bertz CT molecular complexity index is 1090. The Hall–Kier alpha value is -2.94. The Labute approximate surface area is 143 Å². The lowest BCUT2D eigenvalue weighted by Crippen LogP contribution is -2.14. The number of fused-ring (bicyclic) bond motifs is 1. The first-order chi connectivity index (χ1) is 12.1. The van der Waals surface area contributed by atoms with Gasteiger partial charge in [-0.2, -0.15) is 8.78 Å². The Balaban J connectivity index is 1.61.